The number of amides is 1. The molecule has 4 rings (SSSR count). The second-order valence-electron chi connectivity index (χ2n) is 7.83. The molecule has 152 valence electrons. The third kappa shape index (κ3) is 4.07. The van der Waals surface area contributed by atoms with Crippen LogP contribution in [0.2, 0.25) is 0 Å². The van der Waals surface area contributed by atoms with Gasteiger partial charge in [0.25, 0.3) is 0 Å². The highest BCUT2D eigenvalue weighted by molar-refractivity contribution is 7.91. The molecule has 3 N–H and O–H groups in total. The van der Waals surface area contributed by atoms with Crippen LogP contribution < -0.4 is 15.2 Å². The summed E-state index contributed by atoms with van der Waals surface area (Å²) in [6, 6.07) is 5.57. The van der Waals surface area contributed by atoms with Gasteiger partial charge in [-0.25, -0.2) is 0 Å². The van der Waals surface area contributed by atoms with E-state index >= 15 is 0 Å². The molecule has 0 aromatic heterocycles. The van der Waals surface area contributed by atoms with Crippen molar-refractivity contribution >= 4 is 29.0 Å². The standard InChI is InChI=1S/C20H28N4O3S/c21-19-18-16(22-28(26)23-19)10-6-11-17(18)27-13-15-9-4-5-12-24(15)20(25)14-7-2-1-3-8-14/h6,10-11,14-15,22H,1-5,7-9,12-13H2,(H2,21,23). The van der Waals surface area contributed by atoms with Crippen molar-refractivity contribution in [2.24, 2.45) is 16.0 Å². The topological polar surface area (TPSA) is 103 Å². The maximum absolute atomic E-state index is 13.1. The number of hydrogen-bond donors (Lipinski definition) is 2. The molecule has 7 nitrogen and oxygen atoms in total. The smallest absolute Gasteiger partial charge is 0.226 e. The molecule has 2 heterocycles. The Bertz CT molecular complexity index is 751. The van der Waals surface area contributed by atoms with Crippen molar-refractivity contribution in [1.82, 2.24) is 4.90 Å². The van der Waals surface area contributed by atoms with Crippen molar-refractivity contribution in [3.8, 4) is 5.75 Å². The maximum atomic E-state index is 13.1. The number of benzene rings is 1. The monoisotopic (exact) mass is 404 g/mol. The number of fused-ring (bicyclic) bond motifs is 1. The van der Waals surface area contributed by atoms with Crippen LogP contribution in [-0.4, -0.2) is 40.4 Å². The van der Waals surface area contributed by atoms with Crippen LogP contribution in [0.5, 0.6) is 5.75 Å². The number of carbonyl (C=O) groups excluding carboxylic acids is 1. The molecule has 1 saturated carbocycles. The van der Waals surface area contributed by atoms with E-state index in [1.54, 1.807) is 6.07 Å². The number of rotatable bonds is 4. The molecular weight excluding hydrogens is 376 g/mol. The molecule has 1 amide bonds. The van der Waals surface area contributed by atoms with Gasteiger partial charge in [0.2, 0.25) is 17.5 Å². The largest absolute Gasteiger partial charge is 0.566 e. The SMILES string of the molecule is NC1=N[S+]([O-])Nc2cccc(OCC3CCCCN3C(=O)C3CCCCC3)c21. The van der Waals surface area contributed by atoms with E-state index < -0.39 is 11.5 Å². The first-order valence-corrected chi connectivity index (χ1v) is 11.3. The predicted molar refractivity (Wildman–Crippen MR) is 110 cm³/mol. The highest BCUT2D eigenvalue weighted by Crippen LogP contribution is 2.32. The van der Waals surface area contributed by atoms with Gasteiger partial charge in [-0.2, -0.15) is 4.72 Å². The fourth-order valence-corrected chi connectivity index (χ4v) is 5.16. The summed E-state index contributed by atoms with van der Waals surface area (Å²) in [5, 5.41) is 0. The third-order valence-corrected chi connectivity index (χ3v) is 6.71. The van der Waals surface area contributed by atoms with Crippen LogP contribution in [-0.2, 0) is 16.3 Å². The van der Waals surface area contributed by atoms with Crippen molar-refractivity contribution in [2.45, 2.75) is 57.4 Å². The number of ether oxygens (including phenoxy) is 1. The van der Waals surface area contributed by atoms with Gasteiger partial charge in [-0.1, -0.05) is 25.3 Å². The molecule has 2 unspecified atom stereocenters. The Kier molecular flexibility index (Phi) is 5.96. The zero-order valence-corrected chi connectivity index (χ0v) is 16.9. The van der Waals surface area contributed by atoms with Crippen molar-refractivity contribution in [1.29, 1.82) is 0 Å². The lowest BCUT2D eigenvalue weighted by molar-refractivity contribution is -0.141. The number of nitrogens with one attached hydrogen (secondary N) is 1. The minimum atomic E-state index is -1.56. The number of nitrogens with two attached hydrogens (primary N) is 1. The number of piperidine rings is 1. The molecule has 2 fully saturated rings. The van der Waals surface area contributed by atoms with E-state index in [1.165, 1.54) is 6.42 Å². The zero-order valence-electron chi connectivity index (χ0n) is 16.1. The van der Waals surface area contributed by atoms with Crippen LogP contribution in [0.1, 0.15) is 56.9 Å². The number of anilines is 1. The van der Waals surface area contributed by atoms with Gasteiger partial charge >= 0.3 is 0 Å². The van der Waals surface area contributed by atoms with Crippen LogP contribution in [0, 0.1) is 5.92 Å². The lowest BCUT2D eigenvalue weighted by Crippen LogP contribution is -2.49. The highest BCUT2D eigenvalue weighted by Gasteiger charge is 2.33. The maximum Gasteiger partial charge on any atom is 0.226 e. The molecule has 1 saturated heterocycles. The summed E-state index contributed by atoms with van der Waals surface area (Å²) in [5.74, 6) is 1.31. The predicted octanol–water partition coefficient (Wildman–Crippen LogP) is 2.74. The van der Waals surface area contributed by atoms with E-state index in [1.807, 2.05) is 12.1 Å². The average Bonchev–Trinajstić information content (AvgIpc) is 2.72. The number of amidine groups is 1. The van der Waals surface area contributed by atoms with Crippen LogP contribution in [0.15, 0.2) is 22.6 Å². The van der Waals surface area contributed by atoms with Gasteiger partial charge in [0.05, 0.1) is 17.3 Å². The van der Waals surface area contributed by atoms with Crippen LogP contribution in [0.4, 0.5) is 5.69 Å². The first-order chi connectivity index (χ1) is 13.6. The third-order valence-electron chi connectivity index (χ3n) is 5.96. The van der Waals surface area contributed by atoms with Crippen molar-refractivity contribution < 1.29 is 14.1 Å². The Labute approximate surface area is 169 Å². The van der Waals surface area contributed by atoms with Gasteiger partial charge < -0.3 is 19.9 Å². The van der Waals surface area contributed by atoms with Gasteiger partial charge in [-0.05, 0) is 48.6 Å². The molecule has 3 aliphatic rings. The molecular formula is C20H28N4O3S. The summed E-state index contributed by atoms with van der Waals surface area (Å²) in [6.07, 6.45) is 8.74. The number of carbonyl (C=O) groups is 1. The molecule has 1 aliphatic carbocycles. The molecule has 28 heavy (non-hydrogen) atoms. The lowest BCUT2D eigenvalue weighted by Gasteiger charge is -2.38. The van der Waals surface area contributed by atoms with E-state index in [9.17, 15) is 9.35 Å². The molecule has 2 aliphatic heterocycles. The summed E-state index contributed by atoms with van der Waals surface area (Å²) in [4.78, 5) is 15.1. The second kappa shape index (κ2) is 8.61. The van der Waals surface area contributed by atoms with Crippen molar-refractivity contribution in [3.63, 3.8) is 0 Å². The Hall–Kier alpha value is -1.93. The molecule has 0 bridgehead atoms. The number of hydrogen-bond acceptors (Lipinski definition) is 6. The quantitative estimate of drug-likeness (QED) is 0.751. The molecule has 8 heteroatoms. The Morgan fingerprint density at radius 2 is 2.04 bits per heavy atom. The van der Waals surface area contributed by atoms with E-state index in [0.29, 0.717) is 29.5 Å². The normalized spacial score (nSPS) is 25.5. The summed E-state index contributed by atoms with van der Waals surface area (Å²) >= 11 is -1.56. The van der Waals surface area contributed by atoms with E-state index in [-0.39, 0.29) is 17.8 Å². The first-order valence-electron chi connectivity index (χ1n) is 10.2. The molecule has 2 atom stereocenters. The van der Waals surface area contributed by atoms with E-state index in [2.05, 4.69) is 14.0 Å². The number of nitrogens with zero attached hydrogens (tertiary/aromatic N) is 2. The minimum absolute atomic E-state index is 0.0860. The number of likely N-dealkylation sites (tertiary alicyclic amines) is 1. The summed E-state index contributed by atoms with van der Waals surface area (Å²) < 4.78 is 24.5. The Morgan fingerprint density at radius 3 is 2.86 bits per heavy atom. The van der Waals surface area contributed by atoms with Crippen molar-refractivity contribution in [2.75, 3.05) is 17.9 Å². The van der Waals surface area contributed by atoms with Crippen LogP contribution in [0.25, 0.3) is 0 Å². The minimum Gasteiger partial charge on any atom is -0.566 e. The van der Waals surface area contributed by atoms with Crippen LogP contribution >= 0.6 is 0 Å². The van der Waals surface area contributed by atoms with Crippen molar-refractivity contribution in [3.05, 3.63) is 23.8 Å². The summed E-state index contributed by atoms with van der Waals surface area (Å²) in [5.41, 5.74) is 7.29. The van der Waals surface area contributed by atoms with Gasteiger partial charge in [0.15, 0.2) is 5.84 Å². The van der Waals surface area contributed by atoms with Crippen LogP contribution in [0.3, 0.4) is 0 Å². The fraction of sp³-hybridized carbons (Fsp3) is 0.600. The lowest BCUT2D eigenvalue weighted by atomic mass is 9.87. The van der Waals surface area contributed by atoms with E-state index in [0.717, 1.165) is 51.5 Å². The fourth-order valence-electron chi connectivity index (χ4n) is 4.49. The van der Waals surface area contributed by atoms with Gasteiger partial charge in [0.1, 0.15) is 12.4 Å². The first kappa shape index (κ1) is 19.4. The second-order valence-corrected chi connectivity index (χ2v) is 8.72. The average molecular weight is 405 g/mol. The molecule has 1 aromatic carbocycles. The Balaban J connectivity index is 1.46. The molecule has 1 aromatic rings. The van der Waals surface area contributed by atoms with Gasteiger partial charge in [0, 0.05) is 12.5 Å². The van der Waals surface area contributed by atoms with Gasteiger partial charge in [-0.3, -0.25) is 4.79 Å². The van der Waals surface area contributed by atoms with Gasteiger partial charge in [-0.15, -0.1) is 0 Å². The molecule has 0 radical (unpaired) electrons. The Morgan fingerprint density at radius 1 is 1.25 bits per heavy atom. The molecule has 0 spiro atoms. The highest BCUT2D eigenvalue weighted by atomic mass is 32.2. The van der Waals surface area contributed by atoms with E-state index in [4.69, 9.17) is 10.5 Å². The zero-order chi connectivity index (χ0) is 19.5. The summed E-state index contributed by atoms with van der Waals surface area (Å²) in [6.45, 7) is 1.26. The summed E-state index contributed by atoms with van der Waals surface area (Å²) in [7, 11) is 0.